The van der Waals surface area contributed by atoms with Gasteiger partial charge in [0.1, 0.15) is 0 Å². The highest BCUT2D eigenvalue weighted by molar-refractivity contribution is 7.00. The molecule has 0 N–H and O–H groups in total. The SMILES string of the molecule is Cc1cc2c3c(c1)N(c1ccc(C(C)(C)C)cc1-c1cccc(C(C)(C)C)c1)c1cc4c(cc1B3c1ccc(C(C)(C)c3ccccc3)cc1N2c1cccc(C(C)(C)c2ccccc2)c1)C(C)(C)CCC4(C)C. The first-order valence-corrected chi connectivity index (χ1v) is 27.4. The summed E-state index contributed by atoms with van der Waals surface area (Å²) in [4.78, 5) is 5.34. The standard InChI is InChI=1S/C71H77BN2/c1-46-38-63-65-64(39-46)74(60-35-33-51(67(5,6)7)42-55(60)47-24-22-29-50(40-47)66(2,3)4)62-45-57-56(68(8,9)36-37-69(57,10)11)44-59(62)72(65)58-34-32-53(71(14,15)49-27-20-17-21-28-49)43-61(58)73(63)54-31-23-30-52(41-54)70(12,13)48-25-18-16-19-26-48/h16-35,38-45H,36-37H2,1-15H3. The van der Waals surface area contributed by atoms with Crippen molar-refractivity contribution in [3.05, 3.63) is 220 Å². The molecule has 0 fully saturated rings. The number of hydrogen-bond acceptors (Lipinski definition) is 2. The molecule has 11 rings (SSSR count). The van der Waals surface area contributed by atoms with Gasteiger partial charge < -0.3 is 9.80 Å². The van der Waals surface area contributed by atoms with Crippen LogP contribution in [-0.4, -0.2) is 6.71 Å². The molecule has 0 bridgehead atoms. The lowest BCUT2D eigenvalue weighted by molar-refractivity contribution is 0.332. The highest BCUT2D eigenvalue weighted by atomic mass is 15.2. The molecular weight excluding hydrogens is 892 g/mol. The van der Waals surface area contributed by atoms with Crippen molar-refractivity contribution in [3.8, 4) is 11.1 Å². The van der Waals surface area contributed by atoms with Gasteiger partial charge in [-0.1, -0.05) is 218 Å². The van der Waals surface area contributed by atoms with Crippen molar-refractivity contribution in [1.29, 1.82) is 0 Å². The lowest BCUT2D eigenvalue weighted by Crippen LogP contribution is -2.62. The molecule has 2 heterocycles. The second-order valence-electron chi connectivity index (χ2n) is 26.7. The van der Waals surface area contributed by atoms with E-state index in [4.69, 9.17) is 0 Å². The Morgan fingerprint density at radius 1 is 0.392 bits per heavy atom. The van der Waals surface area contributed by atoms with Gasteiger partial charge in [0.15, 0.2) is 0 Å². The maximum absolute atomic E-state index is 2.70. The van der Waals surface area contributed by atoms with Crippen LogP contribution < -0.4 is 26.2 Å². The van der Waals surface area contributed by atoms with Gasteiger partial charge in [-0.05, 0) is 162 Å². The molecule has 8 aromatic carbocycles. The number of rotatable bonds is 7. The van der Waals surface area contributed by atoms with Crippen molar-refractivity contribution in [2.45, 2.75) is 149 Å². The van der Waals surface area contributed by atoms with E-state index in [0.717, 1.165) is 12.8 Å². The fraction of sp³-hybridized carbons (Fsp3) is 0.324. The minimum Gasteiger partial charge on any atom is -0.311 e. The van der Waals surface area contributed by atoms with E-state index in [-0.39, 0.29) is 39.2 Å². The molecule has 0 amide bonds. The maximum atomic E-state index is 2.70. The molecule has 0 spiro atoms. The Labute approximate surface area is 445 Å². The summed E-state index contributed by atoms with van der Waals surface area (Å²) in [5.74, 6) is 0. The van der Waals surface area contributed by atoms with Crippen molar-refractivity contribution in [1.82, 2.24) is 0 Å². The van der Waals surface area contributed by atoms with Crippen molar-refractivity contribution >= 4 is 57.2 Å². The van der Waals surface area contributed by atoms with E-state index in [0.29, 0.717) is 0 Å². The Bertz CT molecular complexity index is 3490. The first-order chi connectivity index (χ1) is 34.9. The minimum atomic E-state index is -0.243. The van der Waals surface area contributed by atoms with Crippen LogP contribution in [0.1, 0.15) is 160 Å². The number of benzene rings is 8. The van der Waals surface area contributed by atoms with Gasteiger partial charge in [0.2, 0.25) is 0 Å². The monoisotopic (exact) mass is 969 g/mol. The Morgan fingerprint density at radius 2 is 0.892 bits per heavy atom. The summed E-state index contributed by atoms with van der Waals surface area (Å²) in [6, 6.07) is 66.1. The van der Waals surface area contributed by atoms with Crippen LogP contribution in [0.15, 0.2) is 170 Å². The van der Waals surface area contributed by atoms with E-state index >= 15 is 0 Å². The predicted octanol–water partition coefficient (Wildman–Crippen LogP) is 17.3. The van der Waals surface area contributed by atoms with E-state index in [1.165, 1.54) is 112 Å². The minimum absolute atomic E-state index is 0.00351. The zero-order chi connectivity index (χ0) is 52.5. The van der Waals surface area contributed by atoms with Gasteiger partial charge in [0.25, 0.3) is 6.71 Å². The number of aryl methyl sites for hydroxylation is 1. The molecule has 0 saturated carbocycles. The van der Waals surface area contributed by atoms with Crippen LogP contribution in [0, 0.1) is 6.92 Å². The molecule has 74 heavy (non-hydrogen) atoms. The van der Waals surface area contributed by atoms with Gasteiger partial charge in [-0.15, -0.1) is 0 Å². The molecule has 0 unspecified atom stereocenters. The van der Waals surface area contributed by atoms with Gasteiger partial charge >= 0.3 is 0 Å². The Balaban J connectivity index is 1.25. The molecular formula is C71H77BN2. The largest absolute Gasteiger partial charge is 0.311 e. The van der Waals surface area contributed by atoms with Gasteiger partial charge in [-0.3, -0.25) is 0 Å². The fourth-order valence-corrected chi connectivity index (χ4v) is 12.8. The summed E-state index contributed by atoms with van der Waals surface area (Å²) in [7, 11) is 0. The third-order valence-electron chi connectivity index (χ3n) is 17.9. The van der Waals surface area contributed by atoms with Crippen LogP contribution in [0.2, 0.25) is 0 Å². The highest BCUT2D eigenvalue weighted by Crippen LogP contribution is 2.53. The number of hydrogen-bond donors (Lipinski definition) is 0. The first kappa shape index (κ1) is 49.6. The molecule has 0 radical (unpaired) electrons. The molecule has 2 nitrogen and oxygen atoms in total. The third kappa shape index (κ3) is 8.16. The summed E-state index contributed by atoms with van der Waals surface area (Å²) in [6.45, 7) is 35.8. The van der Waals surface area contributed by atoms with Crippen molar-refractivity contribution < 1.29 is 0 Å². The molecule has 0 atom stereocenters. The molecule has 1 aliphatic carbocycles. The maximum Gasteiger partial charge on any atom is 0.252 e. The molecule has 0 saturated heterocycles. The second-order valence-corrected chi connectivity index (χ2v) is 26.7. The van der Waals surface area contributed by atoms with Crippen LogP contribution in [0.5, 0.6) is 0 Å². The third-order valence-corrected chi connectivity index (χ3v) is 17.9. The van der Waals surface area contributed by atoms with E-state index in [1.54, 1.807) is 0 Å². The lowest BCUT2D eigenvalue weighted by Gasteiger charge is -2.48. The quantitative estimate of drug-likeness (QED) is 0.147. The summed E-state index contributed by atoms with van der Waals surface area (Å²) < 4.78 is 0. The van der Waals surface area contributed by atoms with Gasteiger partial charge in [-0.2, -0.15) is 0 Å². The summed E-state index contributed by atoms with van der Waals surface area (Å²) in [5, 5.41) is 0. The molecule has 8 aromatic rings. The molecule has 2 aliphatic heterocycles. The smallest absolute Gasteiger partial charge is 0.252 e. The summed E-state index contributed by atoms with van der Waals surface area (Å²) >= 11 is 0. The molecule has 3 heteroatoms. The first-order valence-electron chi connectivity index (χ1n) is 27.4. The average molecular weight is 969 g/mol. The summed E-state index contributed by atoms with van der Waals surface area (Å²) in [6.07, 6.45) is 2.31. The van der Waals surface area contributed by atoms with Gasteiger partial charge in [-0.25, -0.2) is 0 Å². The number of nitrogens with zero attached hydrogens (tertiary/aromatic N) is 2. The van der Waals surface area contributed by atoms with Crippen molar-refractivity contribution in [2.75, 3.05) is 9.80 Å². The van der Waals surface area contributed by atoms with Crippen LogP contribution in [0.25, 0.3) is 11.1 Å². The van der Waals surface area contributed by atoms with Crippen LogP contribution >= 0.6 is 0 Å². The Kier molecular flexibility index (Phi) is 11.6. The highest BCUT2D eigenvalue weighted by Gasteiger charge is 2.47. The summed E-state index contributed by atoms with van der Waals surface area (Å²) in [5.41, 5.74) is 25.7. The normalized spacial score (nSPS) is 15.8. The number of anilines is 6. The predicted molar refractivity (Wildman–Crippen MR) is 320 cm³/mol. The number of fused-ring (bicyclic) bond motifs is 5. The zero-order valence-electron chi connectivity index (χ0n) is 47.1. The Morgan fingerprint density at radius 3 is 1.50 bits per heavy atom. The Hall–Kier alpha value is -6.58. The van der Waals surface area contributed by atoms with Crippen LogP contribution in [0.3, 0.4) is 0 Å². The average Bonchev–Trinajstić information content (AvgIpc) is 3.37. The topological polar surface area (TPSA) is 6.48 Å². The van der Waals surface area contributed by atoms with Gasteiger partial charge in [0, 0.05) is 44.8 Å². The van der Waals surface area contributed by atoms with Gasteiger partial charge in [0.05, 0.1) is 5.69 Å². The molecule has 3 aliphatic rings. The van der Waals surface area contributed by atoms with E-state index < -0.39 is 0 Å². The van der Waals surface area contributed by atoms with E-state index in [2.05, 4.69) is 284 Å². The van der Waals surface area contributed by atoms with E-state index in [9.17, 15) is 0 Å². The van der Waals surface area contributed by atoms with Crippen molar-refractivity contribution in [2.24, 2.45) is 0 Å². The van der Waals surface area contributed by atoms with Crippen molar-refractivity contribution in [3.63, 3.8) is 0 Å². The van der Waals surface area contributed by atoms with Crippen LogP contribution in [-0.2, 0) is 32.5 Å². The lowest BCUT2D eigenvalue weighted by atomic mass is 9.33. The molecule has 374 valence electrons. The van der Waals surface area contributed by atoms with E-state index in [1.807, 2.05) is 0 Å². The van der Waals surface area contributed by atoms with Crippen LogP contribution in [0.4, 0.5) is 34.1 Å². The zero-order valence-corrected chi connectivity index (χ0v) is 47.1. The molecule has 0 aromatic heterocycles. The fourth-order valence-electron chi connectivity index (χ4n) is 12.8. The second kappa shape index (κ2) is 17.2.